The monoisotopic (exact) mass is 281 g/mol. The molecule has 0 amide bonds. The zero-order chi connectivity index (χ0) is 14.6. The Morgan fingerprint density at radius 1 is 1.20 bits per heavy atom. The van der Waals surface area contributed by atoms with Crippen LogP contribution in [-0.4, -0.2) is 9.97 Å². The van der Waals surface area contributed by atoms with Crippen molar-refractivity contribution in [3.8, 4) is 0 Å². The highest BCUT2D eigenvalue weighted by atomic mass is 19.4. The number of nitrogens with zero attached hydrogens (tertiary/aromatic N) is 2. The van der Waals surface area contributed by atoms with E-state index in [9.17, 15) is 13.2 Å². The second-order valence-electron chi connectivity index (χ2n) is 4.39. The van der Waals surface area contributed by atoms with Gasteiger partial charge in [-0.1, -0.05) is 18.2 Å². The van der Waals surface area contributed by atoms with Gasteiger partial charge in [0.25, 0.3) is 0 Å². The zero-order valence-electron chi connectivity index (χ0n) is 10.9. The third kappa shape index (κ3) is 3.54. The van der Waals surface area contributed by atoms with E-state index in [0.717, 1.165) is 6.07 Å². The molecule has 20 heavy (non-hydrogen) atoms. The Kier molecular flexibility index (Phi) is 4.34. The number of hydrogen-bond donors (Lipinski definition) is 1. The molecule has 1 atom stereocenters. The number of hydrogen-bond acceptors (Lipinski definition) is 3. The highest BCUT2D eigenvalue weighted by Gasteiger charge is 2.32. The molecule has 3 nitrogen and oxygen atoms in total. The molecule has 0 saturated heterocycles. The van der Waals surface area contributed by atoms with E-state index >= 15 is 0 Å². The fourth-order valence-electron chi connectivity index (χ4n) is 1.85. The standard InChI is InChI=1S/C14H14F3N3/c1-10(13-9-18-6-7-19-13)20-8-11-4-2-3-5-12(11)14(15,16)17/h2-7,9-10,20H,8H2,1H3. The molecule has 0 spiro atoms. The Labute approximate surface area is 114 Å². The van der Waals surface area contributed by atoms with Crippen molar-refractivity contribution in [3.63, 3.8) is 0 Å². The van der Waals surface area contributed by atoms with Crippen molar-refractivity contribution in [1.82, 2.24) is 15.3 Å². The SMILES string of the molecule is CC(NCc1ccccc1C(F)(F)F)c1cnccn1. The summed E-state index contributed by atoms with van der Waals surface area (Å²) in [7, 11) is 0. The Morgan fingerprint density at radius 2 is 1.95 bits per heavy atom. The first-order valence-corrected chi connectivity index (χ1v) is 6.13. The van der Waals surface area contributed by atoms with E-state index in [4.69, 9.17) is 0 Å². The molecule has 0 aliphatic carbocycles. The third-order valence-corrected chi connectivity index (χ3v) is 2.95. The molecule has 0 radical (unpaired) electrons. The van der Waals surface area contributed by atoms with Gasteiger partial charge in [0.1, 0.15) is 0 Å². The van der Waals surface area contributed by atoms with E-state index in [1.807, 2.05) is 6.92 Å². The van der Waals surface area contributed by atoms with Crippen molar-refractivity contribution in [1.29, 1.82) is 0 Å². The minimum absolute atomic E-state index is 0.118. The van der Waals surface area contributed by atoms with E-state index in [0.29, 0.717) is 5.69 Å². The molecule has 1 unspecified atom stereocenters. The summed E-state index contributed by atoms with van der Waals surface area (Å²) in [4.78, 5) is 8.05. The quantitative estimate of drug-likeness (QED) is 0.934. The molecule has 0 bridgehead atoms. The summed E-state index contributed by atoms with van der Waals surface area (Å²) in [5.41, 5.74) is 0.298. The van der Waals surface area contributed by atoms with Gasteiger partial charge in [-0.05, 0) is 18.6 Å². The molecule has 1 N–H and O–H groups in total. The van der Waals surface area contributed by atoms with Gasteiger partial charge >= 0.3 is 6.18 Å². The third-order valence-electron chi connectivity index (χ3n) is 2.95. The normalized spacial score (nSPS) is 13.2. The van der Waals surface area contributed by atoms with Crippen LogP contribution in [0.3, 0.4) is 0 Å². The minimum atomic E-state index is -4.34. The van der Waals surface area contributed by atoms with Crippen molar-refractivity contribution in [2.75, 3.05) is 0 Å². The van der Waals surface area contributed by atoms with Crippen LogP contribution in [0.25, 0.3) is 0 Å². The van der Waals surface area contributed by atoms with Crippen LogP contribution in [0.15, 0.2) is 42.9 Å². The van der Waals surface area contributed by atoms with E-state index < -0.39 is 11.7 Å². The van der Waals surface area contributed by atoms with Crippen LogP contribution >= 0.6 is 0 Å². The Hall–Kier alpha value is -1.95. The largest absolute Gasteiger partial charge is 0.416 e. The molecular weight excluding hydrogens is 267 g/mol. The van der Waals surface area contributed by atoms with Crippen molar-refractivity contribution < 1.29 is 13.2 Å². The predicted molar refractivity (Wildman–Crippen MR) is 68.7 cm³/mol. The Bertz CT molecular complexity index is 555. The van der Waals surface area contributed by atoms with Gasteiger partial charge in [0.15, 0.2) is 0 Å². The molecule has 2 aromatic rings. The fourth-order valence-corrected chi connectivity index (χ4v) is 1.85. The zero-order valence-corrected chi connectivity index (χ0v) is 10.9. The molecule has 1 aromatic heterocycles. The Morgan fingerprint density at radius 3 is 2.60 bits per heavy atom. The molecule has 0 saturated carbocycles. The van der Waals surface area contributed by atoms with Crippen LogP contribution < -0.4 is 5.32 Å². The van der Waals surface area contributed by atoms with Crippen molar-refractivity contribution in [2.45, 2.75) is 25.7 Å². The first-order chi connectivity index (χ1) is 9.48. The second kappa shape index (κ2) is 6.00. The summed E-state index contributed by atoms with van der Waals surface area (Å²) in [6, 6.07) is 5.37. The van der Waals surface area contributed by atoms with Crippen LogP contribution in [-0.2, 0) is 12.7 Å². The first kappa shape index (κ1) is 14.5. The minimum Gasteiger partial charge on any atom is -0.305 e. The summed E-state index contributed by atoms with van der Waals surface area (Å²) < 4.78 is 38.5. The van der Waals surface area contributed by atoms with Crippen LogP contribution in [0.5, 0.6) is 0 Å². The molecule has 106 valence electrons. The van der Waals surface area contributed by atoms with Gasteiger partial charge in [-0.3, -0.25) is 9.97 Å². The van der Waals surface area contributed by atoms with Gasteiger partial charge in [-0.2, -0.15) is 13.2 Å². The summed E-state index contributed by atoms with van der Waals surface area (Å²) in [5, 5.41) is 3.03. The number of halogens is 3. The lowest BCUT2D eigenvalue weighted by molar-refractivity contribution is -0.138. The van der Waals surface area contributed by atoms with Crippen LogP contribution in [0, 0.1) is 0 Å². The second-order valence-corrected chi connectivity index (χ2v) is 4.39. The Balaban J connectivity index is 2.08. The van der Waals surface area contributed by atoms with Crippen LogP contribution in [0.4, 0.5) is 13.2 Å². The highest BCUT2D eigenvalue weighted by molar-refractivity contribution is 5.29. The molecular formula is C14H14F3N3. The van der Waals surface area contributed by atoms with E-state index in [1.54, 1.807) is 24.7 Å². The van der Waals surface area contributed by atoms with Gasteiger partial charge in [-0.15, -0.1) is 0 Å². The molecule has 1 heterocycles. The topological polar surface area (TPSA) is 37.8 Å². The van der Waals surface area contributed by atoms with Gasteiger partial charge in [0.05, 0.1) is 11.3 Å². The molecule has 0 aliphatic rings. The van der Waals surface area contributed by atoms with Crippen LogP contribution in [0.1, 0.15) is 29.8 Å². The van der Waals surface area contributed by atoms with E-state index in [2.05, 4.69) is 15.3 Å². The number of alkyl halides is 3. The predicted octanol–water partition coefficient (Wildman–Crippen LogP) is 3.35. The fraction of sp³-hybridized carbons (Fsp3) is 0.286. The number of rotatable bonds is 4. The molecule has 1 aromatic carbocycles. The van der Waals surface area contributed by atoms with Gasteiger partial charge in [0.2, 0.25) is 0 Å². The van der Waals surface area contributed by atoms with Crippen LogP contribution in [0.2, 0.25) is 0 Å². The average molecular weight is 281 g/mol. The number of nitrogens with one attached hydrogen (secondary N) is 1. The smallest absolute Gasteiger partial charge is 0.305 e. The van der Waals surface area contributed by atoms with Crippen molar-refractivity contribution >= 4 is 0 Å². The lowest BCUT2D eigenvalue weighted by Gasteiger charge is -2.16. The lowest BCUT2D eigenvalue weighted by Crippen LogP contribution is -2.21. The maximum absolute atomic E-state index is 12.8. The summed E-state index contributed by atoms with van der Waals surface area (Å²) in [5.74, 6) is 0. The summed E-state index contributed by atoms with van der Waals surface area (Å²) in [6.07, 6.45) is 0.355. The molecule has 0 aliphatic heterocycles. The van der Waals surface area contributed by atoms with Crippen molar-refractivity contribution in [3.05, 3.63) is 59.7 Å². The van der Waals surface area contributed by atoms with Gasteiger partial charge in [0, 0.05) is 31.2 Å². The molecule has 2 rings (SSSR count). The molecule has 0 fully saturated rings. The first-order valence-electron chi connectivity index (χ1n) is 6.13. The van der Waals surface area contributed by atoms with Gasteiger partial charge in [-0.25, -0.2) is 0 Å². The number of aromatic nitrogens is 2. The maximum atomic E-state index is 12.8. The van der Waals surface area contributed by atoms with Gasteiger partial charge < -0.3 is 5.32 Å². The average Bonchev–Trinajstić information content (AvgIpc) is 2.45. The number of benzene rings is 1. The lowest BCUT2D eigenvalue weighted by atomic mass is 10.1. The van der Waals surface area contributed by atoms with E-state index in [-0.39, 0.29) is 18.2 Å². The summed E-state index contributed by atoms with van der Waals surface area (Å²) >= 11 is 0. The van der Waals surface area contributed by atoms with E-state index in [1.165, 1.54) is 12.1 Å². The summed E-state index contributed by atoms with van der Waals surface area (Å²) in [6.45, 7) is 1.95. The van der Waals surface area contributed by atoms with Crippen molar-refractivity contribution in [2.24, 2.45) is 0 Å². The maximum Gasteiger partial charge on any atom is 0.416 e. The highest BCUT2D eigenvalue weighted by Crippen LogP contribution is 2.31. The molecule has 6 heteroatoms.